The number of carbonyl (C=O) groups is 1. The first kappa shape index (κ1) is 13.2. The van der Waals surface area contributed by atoms with E-state index in [0.29, 0.717) is 11.1 Å². The zero-order valence-electron chi connectivity index (χ0n) is 9.08. The summed E-state index contributed by atoms with van der Waals surface area (Å²) in [4.78, 5) is 10.5. The first-order valence-corrected chi connectivity index (χ1v) is 5.11. The maximum absolute atomic E-state index is 10.5. The van der Waals surface area contributed by atoms with Gasteiger partial charge in [0.15, 0.2) is 6.10 Å². The Kier molecular flexibility index (Phi) is 4.64. The SMILES string of the molecule is N#CC(O)C(O)c1ccccc1CCC(=O)O. The minimum atomic E-state index is -1.51. The van der Waals surface area contributed by atoms with Gasteiger partial charge in [-0.15, -0.1) is 0 Å². The number of hydrogen-bond donors (Lipinski definition) is 3. The summed E-state index contributed by atoms with van der Waals surface area (Å²) in [5.74, 6) is -0.935. The van der Waals surface area contributed by atoms with Gasteiger partial charge in [-0.3, -0.25) is 4.79 Å². The van der Waals surface area contributed by atoms with E-state index in [1.165, 1.54) is 0 Å². The maximum atomic E-state index is 10.5. The van der Waals surface area contributed by atoms with E-state index in [1.54, 1.807) is 30.3 Å². The number of nitrogens with zero attached hydrogens (tertiary/aromatic N) is 1. The van der Waals surface area contributed by atoms with Crippen LogP contribution in [0.4, 0.5) is 0 Å². The third-order valence-electron chi connectivity index (χ3n) is 2.41. The number of hydrogen-bond acceptors (Lipinski definition) is 4. The predicted molar refractivity (Wildman–Crippen MR) is 59.0 cm³/mol. The van der Waals surface area contributed by atoms with Crippen molar-refractivity contribution in [2.45, 2.75) is 25.0 Å². The molecule has 0 saturated heterocycles. The Morgan fingerprint density at radius 3 is 2.59 bits per heavy atom. The highest BCUT2D eigenvalue weighted by Gasteiger charge is 2.20. The van der Waals surface area contributed by atoms with Crippen LogP contribution in [0.25, 0.3) is 0 Å². The van der Waals surface area contributed by atoms with Crippen LogP contribution >= 0.6 is 0 Å². The molecule has 17 heavy (non-hydrogen) atoms. The second kappa shape index (κ2) is 5.99. The fourth-order valence-corrected chi connectivity index (χ4v) is 1.53. The molecule has 90 valence electrons. The molecule has 0 spiro atoms. The Morgan fingerprint density at radius 1 is 1.35 bits per heavy atom. The maximum Gasteiger partial charge on any atom is 0.303 e. The molecule has 0 saturated carbocycles. The number of aliphatic hydroxyl groups excluding tert-OH is 2. The molecule has 1 aromatic carbocycles. The lowest BCUT2D eigenvalue weighted by Crippen LogP contribution is -2.17. The first-order valence-electron chi connectivity index (χ1n) is 5.11. The molecule has 0 aromatic heterocycles. The average molecular weight is 235 g/mol. The van der Waals surface area contributed by atoms with E-state index < -0.39 is 18.2 Å². The molecule has 5 heteroatoms. The fraction of sp³-hybridized carbons (Fsp3) is 0.333. The molecule has 2 unspecified atom stereocenters. The van der Waals surface area contributed by atoms with E-state index >= 15 is 0 Å². The molecule has 5 nitrogen and oxygen atoms in total. The lowest BCUT2D eigenvalue weighted by atomic mass is 9.96. The Balaban J connectivity index is 2.91. The van der Waals surface area contributed by atoms with E-state index in [0.717, 1.165) is 0 Å². The largest absolute Gasteiger partial charge is 0.481 e. The standard InChI is InChI=1S/C12H13NO4/c13-7-10(14)12(17)9-4-2-1-3-8(9)5-6-11(15)16/h1-4,10,12,14,17H,5-6H2,(H,15,16). The van der Waals surface area contributed by atoms with Crippen molar-refractivity contribution in [3.05, 3.63) is 35.4 Å². The van der Waals surface area contributed by atoms with Crippen molar-refractivity contribution < 1.29 is 20.1 Å². The summed E-state index contributed by atoms with van der Waals surface area (Å²) >= 11 is 0. The van der Waals surface area contributed by atoms with Crippen LogP contribution in [0.2, 0.25) is 0 Å². The molecule has 3 N–H and O–H groups in total. The van der Waals surface area contributed by atoms with Crippen molar-refractivity contribution in [2.24, 2.45) is 0 Å². The summed E-state index contributed by atoms with van der Waals surface area (Å²) in [5, 5.41) is 36.1. The minimum Gasteiger partial charge on any atom is -0.481 e. The number of nitriles is 1. The molecule has 0 aliphatic rings. The quantitative estimate of drug-likeness (QED) is 0.649. The van der Waals surface area contributed by atoms with Gasteiger partial charge in [0.2, 0.25) is 0 Å². The number of aliphatic carboxylic acids is 1. The number of benzene rings is 1. The highest BCUT2D eigenvalue weighted by molar-refractivity contribution is 5.67. The molecule has 0 amide bonds. The third-order valence-corrected chi connectivity index (χ3v) is 2.41. The zero-order chi connectivity index (χ0) is 12.8. The van der Waals surface area contributed by atoms with Gasteiger partial charge < -0.3 is 15.3 Å². The van der Waals surface area contributed by atoms with E-state index in [4.69, 9.17) is 10.4 Å². The van der Waals surface area contributed by atoms with E-state index in [-0.39, 0.29) is 12.8 Å². The summed E-state index contributed by atoms with van der Waals surface area (Å²) in [5.41, 5.74) is 1.01. The molecule has 0 fully saturated rings. The molecule has 0 aliphatic heterocycles. The molecule has 0 heterocycles. The number of aliphatic hydroxyl groups is 2. The summed E-state index contributed by atoms with van der Waals surface area (Å²) < 4.78 is 0. The van der Waals surface area contributed by atoms with Crippen LogP contribution in [0.3, 0.4) is 0 Å². The van der Waals surface area contributed by atoms with Gasteiger partial charge in [-0.05, 0) is 17.5 Å². The van der Waals surface area contributed by atoms with Gasteiger partial charge in [0, 0.05) is 6.42 Å². The molecule has 1 rings (SSSR count). The van der Waals surface area contributed by atoms with Crippen LogP contribution < -0.4 is 0 Å². The molecule has 0 radical (unpaired) electrons. The monoisotopic (exact) mass is 235 g/mol. The van der Waals surface area contributed by atoms with Crippen molar-refractivity contribution in [1.82, 2.24) is 0 Å². The normalized spacial score (nSPS) is 13.7. The summed E-state index contributed by atoms with van der Waals surface area (Å²) in [6, 6.07) is 8.16. The Morgan fingerprint density at radius 2 is 2.00 bits per heavy atom. The number of carboxylic acid groups (broad SMARTS) is 1. The van der Waals surface area contributed by atoms with Crippen LogP contribution in [-0.2, 0) is 11.2 Å². The second-order valence-electron chi connectivity index (χ2n) is 3.61. The Labute approximate surface area is 98.6 Å². The minimum absolute atomic E-state index is 0.0631. The van der Waals surface area contributed by atoms with Crippen molar-refractivity contribution in [1.29, 1.82) is 5.26 Å². The van der Waals surface area contributed by atoms with Crippen LogP contribution in [0.5, 0.6) is 0 Å². The van der Waals surface area contributed by atoms with Gasteiger partial charge in [0.25, 0.3) is 0 Å². The lowest BCUT2D eigenvalue weighted by Gasteiger charge is -2.15. The Hall–Kier alpha value is -1.90. The van der Waals surface area contributed by atoms with Crippen LogP contribution in [0.1, 0.15) is 23.7 Å². The van der Waals surface area contributed by atoms with Crippen molar-refractivity contribution in [2.75, 3.05) is 0 Å². The topological polar surface area (TPSA) is 102 Å². The lowest BCUT2D eigenvalue weighted by molar-refractivity contribution is -0.136. The predicted octanol–water partition coefficient (Wildman–Crippen LogP) is 0.622. The van der Waals surface area contributed by atoms with Crippen LogP contribution in [0.15, 0.2) is 24.3 Å². The molecular formula is C12H13NO4. The fourth-order valence-electron chi connectivity index (χ4n) is 1.53. The smallest absolute Gasteiger partial charge is 0.303 e. The zero-order valence-corrected chi connectivity index (χ0v) is 9.08. The van der Waals surface area contributed by atoms with Gasteiger partial charge in [0.05, 0.1) is 6.07 Å². The third kappa shape index (κ3) is 3.55. The number of aryl methyl sites for hydroxylation is 1. The van der Waals surface area contributed by atoms with Crippen molar-refractivity contribution >= 4 is 5.97 Å². The van der Waals surface area contributed by atoms with Crippen molar-refractivity contribution in [3.63, 3.8) is 0 Å². The second-order valence-corrected chi connectivity index (χ2v) is 3.61. The number of carboxylic acids is 1. The van der Waals surface area contributed by atoms with Gasteiger partial charge in [-0.25, -0.2) is 0 Å². The highest BCUT2D eigenvalue weighted by Crippen LogP contribution is 2.22. The first-order chi connectivity index (χ1) is 8.06. The molecule has 0 bridgehead atoms. The van der Waals surface area contributed by atoms with Crippen LogP contribution in [-0.4, -0.2) is 27.4 Å². The van der Waals surface area contributed by atoms with E-state index in [1.807, 2.05) is 0 Å². The van der Waals surface area contributed by atoms with Crippen LogP contribution in [0, 0.1) is 11.3 Å². The summed E-state index contributed by atoms with van der Waals surface area (Å²) in [6.07, 6.45) is -2.64. The van der Waals surface area contributed by atoms with Gasteiger partial charge in [0.1, 0.15) is 6.10 Å². The van der Waals surface area contributed by atoms with Gasteiger partial charge in [-0.2, -0.15) is 5.26 Å². The highest BCUT2D eigenvalue weighted by atomic mass is 16.4. The number of rotatable bonds is 5. The Bertz CT molecular complexity index is 438. The summed E-state index contributed by atoms with van der Waals surface area (Å²) in [7, 11) is 0. The van der Waals surface area contributed by atoms with E-state index in [9.17, 15) is 15.0 Å². The molecule has 2 atom stereocenters. The van der Waals surface area contributed by atoms with Gasteiger partial charge in [-0.1, -0.05) is 24.3 Å². The van der Waals surface area contributed by atoms with Gasteiger partial charge >= 0.3 is 5.97 Å². The van der Waals surface area contributed by atoms with Crippen molar-refractivity contribution in [3.8, 4) is 6.07 Å². The molecular weight excluding hydrogens is 222 g/mol. The average Bonchev–Trinajstić information content (AvgIpc) is 2.34. The molecule has 0 aliphatic carbocycles. The summed E-state index contributed by atoms with van der Waals surface area (Å²) in [6.45, 7) is 0. The van der Waals surface area contributed by atoms with E-state index in [2.05, 4.69) is 0 Å². The molecule has 1 aromatic rings.